The van der Waals surface area contributed by atoms with Gasteiger partial charge in [-0.1, -0.05) is 54.1 Å². The summed E-state index contributed by atoms with van der Waals surface area (Å²) in [5.41, 5.74) is 3.93. The summed E-state index contributed by atoms with van der Waals surface area (Å²) in [6, 6.07) is 17.6. The van der Waals surface area contributed by atoms with Crippen LogP contribution in [0.1, 0.15) is 18.1 Å². The van der Waals surface area contributed by atoms with Crippen LogP contribution in [0.2, 0.25) is 0 Å². The molecule has 24 heavy (non-hydrogen) atoms. The molecule has 2 aromatic rings. The first-order valence-electron chi connectivity index (χ1n) is 7.67. The predicted molar refractivity (Wildman–Crippen MR) is 102 cm³/mol. The number of rotatable bonds is 3. The summed E-state index contributed by atoms with van der Waals surface area (Å²) >= 11 is 1.20. The molecule has 0 bridgehead atoms. The highest BCUT2D eigenvalue weighted by Crippen LogP contribution is 2.34. The molecule has 1 heterocycles. The minimum Gasteiger partial charge on any atom is -0.278 e. The van der Waals surface area contributed by atoms with E-state index in [1.54, 1.807) is 0 Å². The highest BCUT2D eigenvalue weighted by atomic mass is 32.2. The van der Waals surface area contributed by atoms with Gasteiger partial charge >= 0.3 is 0 Å². The Bertz CT molecular complexity index is 836. The van der Waals surface area contributed by atoms with E-state index >= 15 is 0 Å². The highest BCUT2D eigenvalue weighted by molar-refractivity contribution is 8.19. The Morgan fingerprint density at radius 2 is 1.75 bits per heavy atom. The molecule has 1 aliphatic heterocycles. The lowest BCUT2D eigenvalue weighted by Crippen LogP contribution is -2.28. The molecule has 1 fully saturated rings. The average Bonchev–Trinajstić information content (AvgIpc) is 2.83. The number of nitrogens with one attached hydrogen (secondary N) is 1. The second kappa shape index (κ2) is 6.89. The van der Waals surface area contributed by atoms with Crippen molar-refractivity contribution in [2.45, 2.75) is 13.8 Å². The maximum absolute atomic E-state index is 12.7. The van der Waals surface area contributed by atoms with Crippen molar-refractivity contribution in [1.82, 2.24) is 0 Å². The van der Waals surface area contributed by atoms with Crippen LogP contribution in [0.15, 0.2) is 71.2 Å². The topological polar surface area (TPSA) is 44.2 Å². The Morgan fingerprint density at radius 3 is 2.42 bits per heavy atom. The number of benzene rings is 2. The van der Waals surface area contributed by atoms with Gasteiger partial charge in [0.1, 0.15) is 0 Å². The van der Waals surface area contributed by atoms with Gasteiger partial charge in [-0.2, -0.15) is 0 Å². The van der Waals surface area contributed by atoms with Gasteiger partial charge in [-0.15, -0.1) is 0 Å². The summed E-state index contributed by atoms with van der Waals surface area (Å²) in [5.74, 6) is -0.144. The number of hydrogen-bond donors (Lipinski definition) is 1. The third-order valence-corrected chi connectivity index (χ3v) is 4.56. The molecular formula is C20H18N2OS. The molecule has 1 amide bonds. The molecule has 0 aliphatic carbocycles. The van der Waals surface area contributed by atoms with Gasteiger partial charge in [0, 0.05) is 0 Å². The quantitative estimate of drug-likeness (QED) is 0.803. The fourth-order valence-corrected chi connectivity index (χ4v) is 3.39. The smallest absolute Gasteiger partial charge is 0.271 e. The van der Waals surface area contributed by atoms with Crippen molar-refractivity contribution in [3.8, 4) is 0 Å². The number of allylic oxidation sites excluding steroid dienone is 2. The van der Waals surface area contributed by atoms with Crippen LogP contribution in [-0.2, 0) is 4.79 Å². The van der Waals surface area contributed by atoms with Gasteiger partial charge in [-0.25, -0.2) is 0 Å². The number of amidine groups is 1. The number of carbonyl (C=O) groups is 1. The van der Waals surface area contributed by atoms with Crippen molar-refractivity contribution in [2.75, 3.05) is 4.90 Å². The van der Waals surface area contributed by atoms with E-state index in [2.05, 4.69) is 0 Å². The summed E-state index contributed by atoms with van der Waals surface area (Å²) in [6.07, 6.45) is 3.88. The zero-order valence-electron chi connectivity index (χ0n) is 13.6. The molecule has 0 unspecified atom stereocenters. The third kappa shape index (κ3) is 3.49. The van der Waals surface area contributed by atoms with Crippen LogP contribution < -0.4 is 4.90 Å². The van der Waals surface area contributed by atoms with E-state index in [0.29, 0.717) is 4.91 Å². The van der Waals surface area contributed by atoms with E-state index in [0.717, 1.165) is 22.4 Å². The van der Waals surface area contributed by atoms with E-state index in [4.69, 9.17) is 5.41 Å². The Morgan fingerprint density at radius 1 is 1.08 bits per heavy atom. The van der Waals surface area contributed by atoms with Crippen LogP contribution in [0.5, 0.6) is 0 Å². The second-order valence-electron chi connectivity index (χ2n) is 5.69. The average molecular weight is 334 g/mol. The molecule has 0 spiro atoms. The zero-order chi connectivity index (χ0) is 17.1. The molecule has 120 valence electrons. The number of hydrogen-bond acceptors (Lipinski definition) is 3. The largest absolute Gasteiger partial charge is 0.278 e. The summed E-state index contributed by atoms with van der Waals surface area (Å²) in [7, 11) is 0. The van der Waals surface area contributed by atoms with E-state index < -0.39 is 0 Å². The fraction of sp³-hybridized carbons (Fsp3) is 0.100. The first-order valence-corrected chi connectivity index (χ1v) is 8.49. The normalized spacial score (nSPS) is 17.0. The van der Waals surface area contributed by atoms with Crippen LogP contribution in [0, 0.1) is 12.3 Å². The summed E-state index contributed by atoms with van der Waals surface area (Å²) < 4.78 is 0. The lowest BCUT2D eigenvalue weighted by molar-refractivity contribution is -0.113. The van der Waals surface area contributed by atoms with Gasteiger partial charge in [0.2, 0.25) is 0 Å². The van der Waals surface area contributed by atoms with Gasteiger partial charge in [0.15, 0.2) is 5.17 Å². The zero-order valence-corrected chi connectivity index (χ0v) is 14.4. The van der Waals surface area contributed by atoms with Gasteiger partial charge < -0.3 is 0 Å². The van der Waals surface area contributed by atoms with Gasteiger partial charge in [0.25, 0.3) is 5.91 Å². The predicted octanol–water partition coefficient (Wildman–Crippen LogP) is 5.00. The van der Waals surface area contributed by atoms with Crippen molar-refractivity contribution in [3.63, 3.8) is 0 Å². The van der Waals surface area contributed by atoms with Crippen molar-refractivity contribution in [3.05, 3.63) is 82.3 Å². The molecule has 1 N–H and O–H groups in total. The molecule has 3 rings (SSSR count). The lowest BCUT2D eigenvalue weighted by atomic mass is 10.1. The second-order valence-corrected chi connectivity index (χ2v) is 6.72. The van der Waals surface area contributed by atoms with E-state index in [-0.39, 0.29) is 11.1 Å². The lowest BCUT2D eigenvalue weighted by Gasteiger charge is -2.14. The maximum atomic E-state index is 12.7. The summed E-state index contributed by atoms with van der Waals surface area (Å²) in [6.45, 7) is 3.96. The Hall–Kier alpha value is -2.59. The minimum absolute atomic E-state index is 0.144. The van der Waals surface area contributed by atoms with Crippen molar-refractivity contribution in [2.24, 2.45) is 0 Å². The van der Waals surface area contributed by atoms with Gasteiger partial charge in [-0.05, 0) is 55.0 Å². The number of anilines is 1. The number of carbonyl (C=O) groups excluding carboxylic acids is 1. The van der Waals surface area contributed by atoms with Gasteiger partial charge in [0.05, 0.1) is 10.6 Å². The molecule has 1 saturated heterocycles. The van der Waals surface area contributed by atoms with Crippen LogP contribution in [-0.4, -0.2) is 11.1 Å². The van der Waals surface area contributed by atoms with Crippen molar-refractivity contribution < 1.29 is 4.79 Å². The number of nitrogens with zero attached hydrogens (tertiary/aromatic N) is 1. The third-order valence-electron chi connectivity index (χ3n) is 3.67. The Balaban J connectivity index is 1.85. The number of thioether (sulfide) groups is 1. The molecule has 0 aromatic heterocycles. The molecule has 3 nitrogen and oxygen atoms in total. The number of aryl methyl sites for hydroxylation is 1. The maximum Gasteiger partial charge on any atom is 0.271 e. The number of amides is 1. The standard InChI is InChI=1S/C20H18N2OS/c1-14-8-10-17(11-9-14)22-19(23)18(24-20(22)21)13-15(2)12-16-6-4-3-5-7-16/h3-13,21H,1-2H3/b15-12+,18-13-,21-20?. The first-order chi connectivity index (χ1) is 11.5. The van der Waals surface area contributed by atoms with Crippen LogP contribution in [0.4, 0.5) is 5.69 Å². The van der Waals surface area contributed by atoms with E-state index in [1.807, 2.05) is 80.6 Å². The SMILES string of the molecule is CC(/C=C1\SC(=N)N(c2ccc(C)cc2)C1=O)=C\c1ccccc1. The molecule has 0 atom stereocenters. The molecular weight excluding hydrogens is 316 g/mol. The molecule has 2 aromatic carbocycles. The monoisotopic (exact) mass is 334 g/mol. The van der Waals surface area contributed by atoms with E-state index in [1.165, 1.54) is 16.7 Å². The minimum atomic E-state index is -0.144. The molecule has 0 saturated carbocycles. The summed E-state index contributed by atoms with van der Waals surface area (Å²) in [5, 5.41) is 8.37. The van der Waals surface area contributed by atoms with E-state index in [9.17, 15) is 4.79 Å². The van der Waals surface area contributed by atoms with Gasteiger partial charge in [-0.3, -0.25) is 15.1 Å². The molecule has 0 radical (unpaired) electrons. The summed E-state index contributed by atoms with van der Waals surface area (Å²) in [4.78, 5) is 14.7. The van der Waals surface area contributed by atoms with Crippen molar-refractivity contribution >= 4 is 34.6 Å². The molecule has 4 heteroatoms. The Kier molecular flexibility index (Phi) is 4.67. The van der Waals surface area contributed by atoms with Crippen molar-refractivity contribution in [1.29, 1.82) is 5.41 Å². The van der Waals surface area contributed by atoms with Crippen LogP contribution in [0.3, 0.4) is 0 Å². The highest BCUT2D eigenvalue weighted by Gasteiger charge is 2.33. The first kappa shape index (κ1) is 16.3. The Labute approximate surface area is 146 Å². The fourth-order valence-electron chi connectivity index (χ4n) is 2.48. The van der Waals surface area contributed by atoms with Crippen LogP contribution >= 0.6 is 11.8 Å². The molecule has 1 aliphatic rings. The van der Waals surface area contributed by atoms with Crippen LogP contribution in [0.25, 0.3) is 6.08 Å².